The summed E-state index contributed by atoms with van der Waals surface area (Å²) in [5, 5.41) is 0. The van der Waals surface area contributed by atoms with Gasteiger partial charge in [0.25, 0.3) is 5.91 Å². The maximum absolute atomic E-state index is 13.0. The number of imidazole rings is 1. The number of ether oxygens (including phenoxy) is 1. The molecule has 0 N–H and O–H groups in total. The van der Waals surface area contributed by atoms with Gasteiger partial charge in [-0.3, -0.25) is 9.78 Å². The van der Waals surface area contributed by atoms with Crippen LogP contribution in [0.2, 0.25) is 0 Å². The van der Waals surface area contributed by atoms with Gasteiger partial charge in [0.15, 0.2) is 5.65 Å². The van der Waals surface area contributed by atoms with E-state index in [1.807, 2.05) is 22.9 Å². The number of likely N-dealkylation sites (N-methyl/N-ethyl adjacent to an activating group) is 1. The van der Waals surface area contributed by atoms with Crippen LogP contribution in [0, 0.1) is 0 Å². The smallest absolute Gasteiger partial charge is 0.410 e. The standard InChI is InChI=1S/C21H22N6O3/c1-25-13-21(30-20(25)29)4-7-26(8-5-21)19(28)16-9-17-18(23-11-16)27(14-24-17)12-15-3-2-6-22-10-15/h2-3,6,9-11,14H,4-5,7-8,12-13H2,1H3. The third-order valence-corrected chi connectivity index (χ3v) is 5.88. The van der Waals surface area contributed by atoms with Crippen molar-refractivity contribution in [3.63, 3.8) is 0 Å². The molecule has 2 saturated heterocycles. The lowest BCUT2D eigenvalue weighted by Crippen LogP contribution is -2.48. The summed E-state index contributed by atoms with van der Waals surface area (Å²) >= 11 is 0. The lowest BCUT2D eigenvalue weighted by molar-refractivity contribution is 0.00317. The van der Waals surface area contributed by atoms with Crippen molar-refractivity contribution in [1.29, 1.82) is 0 Å². The molecule has 0 radical (unpaired) electrons. The average molecular weight is 406 g/mol. The first kappa shape index (κ1) is 18.5. The number of fused-ring (bicyclic) bond motifs is 1. The van der Waals surface area contributed by atoms with Gasteiger partial charge in [-0.2, -0.15) is 0 Å². The number of carbonyl (C=O) groups excluding carboxylic acids is 2. The van der Waals surface area contributed by atoms with E-state index in [2.05, 4.69) is 15.0 Å². The maximum atomic E-state index is 13.0. The fourth-order valence-corrected chi connectivity index (χ4v) is 4.22. The molecule has 9 heteroatoms. The molecule has 2 aliphatic heterocycles. The summed E-state index contributed by atoms with van der Waals surface area (Å²) in [5.41, 5.74) is 2.53. The molecule has 0 atom stereocenters. The molecule has 9 nitrogen and oxygen atoms in total. The van der Waals surface area contributed by atoms with Gasteiger partial charge >= 0.3 is 6.09 Å². The molecule has 5 rings (SSSR count). The van der Waals surface area contributed by atoms with E-state index in [-0.39, 0.29) is 12.0 Å². The Morgan fingerprint density at radius 1 is 1.23 bits per heavy atom. The average Bonchev–Trinajstić information content (AvgIpc) is 3.28. The number of rotatable bonds is 3. The zero-order chi connectivity index (χ0) is 20.7. The number of piperidine rings is 1. The molecule has 30 heavy (non-hydrogen) atoms. The van der Waals surface area contributed by atoms with Gasteiger partial charge in [0.1, 0.15) is 11.1 Å². The first-order valence-electron chi connectivity index (χ1n) is 9.96. The van der Waals surface area contributed by atoms with Gasteiger partial charge in [0.2, 0.25) is 0 Å². The number of aromatic nitrogens is 4. The summed E-state index contributed by atoms with van der Waals surface area (Å²) in [6.07, 6.45) is 7.89. The number of carbonyl (C=O) groups is 2. The highest BCUT2D eigenvalue weighted by molar-refractivity contribution is 5.96. The van der Waals surface area contributed by atoms with Crippen molar-refractivity contribution in [2.24, 2.45) is 0 Å². The Balaban J connectivity index is 1.30. The minimum atomic E-state index is -0.462. The summed E-state index contributed by atoms with van der Waals surface area (Å²) in [6, 6.07) is 5.68. The van der Waals surface area contributed by atoms with Crippen LogP contribution in [0.1, 0.15) is 28.8 Å². The molecule has 0 saturated carbocycles. The van der Waals surface area contributed by atoms with E-state index in [4.69, 9.17) is 4.74 Å². The molecule has 0 aliphatic carbocycles. The first-order chi connectivity index (χ1) is 14.5. The van der Waals surface area contributed by atoms with Crippen LogP contribution < -0.4 is 0 Å². The van der Waals surface area contributed by atoms with Crippen LogP contribution in [0.3, 0.4) is 0 Å². The molecule has 2 amide bonds. The lowest BCUT2D eigenvalue weighted by atomic mass is 9.91. The monoisotopic (exact) mass is 406 g/mol. The van der Waals surface area contributed by atoms with Crippen LogP contribution in [0.15, 0.2) is 43.1 Å². The Kier molecular flexibility index (Phi) is 4.38. The largest absolute Gasteiger partial charge is 0.441 e. The Hall–Kier alpha value is -3.49. The van der Waals surface area contributed by atoms with Crippen molar-refractivity contribution >= 4 is 23.2 Å². The van der Waals surface area contributed by atoms with Gasteiger partial charge in [0.05, 0.1) is 25.0 Å². The SMILES string of the molecule is CN1CC2(CCN(C(=O)c3cnc4c(c3)ncn4Cc3cccnc3)CC2)OC1=O. The third-order valence-electron chi connectivity index (χ3n) is 5.88. The summed E-state index contributed by atoms with van der Waals surface area (Å²) in [4.78, 5) is 41.2. The molecule has 2 aliphatic rings. The zero-order valence-corrected chi connectivity index (χ0v) is 16.7. The summed E-state index contributed by atoms with van der Waals surface area (Å²) in [6.45, 7) is 2.29. The number of nitrogens with zero attached hydrogens (tertiary/aromatic N) is 6. The van der Waals surface area contributed by atoms with Crippen molar-refractivity contribution in [1.82, 2.24) is 29.3 Å². The Morgan fingerprint density at radius 3 is 2.77 bits per heavy atom. The summed E-state index contributed by atoms with van der Waals surface area (Å²) in [7, 11) is 1.74. The highest BCUT2D eigenvalue weighted by Gasteiger charge is 2.46. The number of pyridine rings is 2. The molecule has 1 spiro atoms. The fourth-order valence-electron chi connectivity index (χ4n) is 4.22. The minimum Gasteiger partial charge on any atom is -0.441 e. The van der Waals surface area contributed by atoms with Gasteiger partial charge in [0, 0.05) is 51.6 Å². The normalized spacial score (nSPS) is 18.2. The second-order valence-electron chi connectivity index (χ2n) is 8.00. The van der Waals surface area contributed by atoms with E-state index < -0.39 is 5.60 Å². The number of amides is 2. The van der Waals surface area contributed by atoms with Crippen molar-refractivity contribution in [3.8, 4) is 0 Å². The highest BCUT2D eigenvalue weighted by atomic mass is 16.6. The van der Waals surface area contributed by atoms with Crippen LogP contribution >= 0.6 is 0 Å². The topological polar surface area (TPSA) is 93.5 Å². The Bertz CT molecular complexity index is 1100. The molecule has 0 aromatic carbocycles. The van der Waals surface area contributed by atoms with E-state index in [0.717, 1.165) is 11.2 Å². The van der Waals surface area contributed by atoms with Crippen LogP contribution in [0.25, 0.3) is 11.2 Å². The molecule has 0 unspecified atom stereocenters. The molecule has 2 fully saturated rings. The first-order valence-corrected chi connectivity index (χ1v) is 9.96. The van der Waals surface area contributed by atoms with Crippen molar-refractivity contribution in [2.45, 2.75) is 25.0 Å². The van der Waals surface area contributed by atoms with Crippen LogP contribution in [0.4, 0.5) is 4.79 Å². The summed E-state index contributed by atoms with van der Waals surface area (Å²) < 4.78 is 7.51. The number of hydrogen-bond acceptors (Lipinski definition) is 6. The van der Waals surface area contributed by atoms with Crippen LogP contribution in [0.5, 0.6) is 0 Å². The number of likely N-dealkylation sites (tertiary alicyclic amines) is 1. The van der Waals surface area contributed by atoms with Crippen molar-refractivity contribution in [2.75, 3.05) is 26.7 Å². The number of hydrogen-bond donors (Lipinski definition) is 0. The third kappa shape index (κ3) is 3.26. The second kappa shape index (κ2) is 7.08. The summed E-state index contributed by atoms with van der Waals surface area (Å²) in [5.74, 6) is -0.0706. The van der Waals surface area contributed by atoms with E-state index in [1.54, 1.807) is 41.6 Å². The Labute approximate surface area is 173 Å². The Morgan fingerprint density at radius 2 is 2.07 bits per heavy atom. The van der Waals surface area contributed by atoms with Crippen LogP contribution in [-0.2, 0) is 11.3 Å². The molecular weight excluding hydrogens is 384 g/mol. The minimum absolute atomic E-state index is 0.0706. The predicted octanol–water partition coefficient (Wildman–Crippen LogP) is 1.93. The van der Waals surface area contributed by atoms with E-state index in [1.165, 1.54) is 0 Å². The zero-order valence-electron chi connectivity index (χ0n) is 16.7. The van der Waals surface area contributed by atoms with Crippen molar-refractivity contribution in [3.05, 3.63) is 54.2 Å². The molecule has 5 heterocycles. The van der Waals surface area contributed by atoms with Gasteiger partial charge in [-0.25, -0.2) is 14.8 Å². The van der Waals surface area contributed by atoms with Gasteiger partial charge in [-0.05, 0) is 17.7 Å². The van der Waals surface area contributed by atoms with E-state index in [9.17, 15) is 9.59 Å². The molecular formula is C21H22N6O3. The lowest BCUT2D eigenvalue weighted by Gasteiger charge is -2.37. The highest BCUT2D eigenvalue weighted by Crippen LogP contribution is 2.33. The fraction of sp³-hybridized carbons (Fsp3) is 0.381. The van der Waals surface area contributed by atoms with Gasteiger partial charge in [-0.1, -0.05) is 6.07 Å². The van der Waals surface area contributed by atoms with E-state index >= 15 is 0 Å². The molecule has 3 aromatic heterocycles. The second-order valence-corrected chi connectivity index (χ2v) is 8.00. The molecule has 154 valence electrons. The maximum Gasteiger partial charge on any atom is 0.410 e. The predicted molar refractivity (Wildman–Crippen MR) is 108 cm³/mol. The van der Waals surface area contributed by atoms with E-state index in [0.29, 0.717) is 50.1 Å². The van der Waals surface area contributed by atoms with Gasteiger partial charge in [-0.15, -0.1) is 0 Å². The quantitative estimate of drug-likeness (QED) is 0.660. The van der Waals surface area contributed by atoms with Crippen LogP contribution in [-0.4, -0.2) is 73.6 Å². The molecule has 0 bridgehead atoms. The van der Waals surface area contributed by atoms with Crippen molar-refractivity contribution < 1.29 is 14.3 Å². The molecule has 3 aromatic rings. The van der Waals surface area contributed by atoms with Gasteiger partial charge < -0.3 is 19.1 Å².